The molecule has 4 heteroatoms. The summed E-state index contributed by atoms with van der Waals surface area (Å²) < 4.78 is 4.84. The molecule has 0 bridgehead atoms. The summed E-state index contributed by atoms with van der Waals surface area (Å²) in [4.78, 5) is 13.7. The highest BCUT2D eigenvalue weighted by molar-refractivity contribution is 5.75. The Morgan fingerprint density at radius 1 is 1.29 bits per heavy atom. The molecule has 0 heterocycles. The topological polar surface area (TPSA) is 49.8 Å². The molecule has 0 aliphatic rings. The Bertz CT molecular complexity index is 197. The van der Waals surface area contributed by atoms with Crippen LogP contribution in [-0.4, -0.2) is 49.3 Å². The molecule has 0 aliphatic heterocycles. The van der Waals surface area contributed by atoms with Gasteiger partial charge in [-0.3, -0.25) is 9.69 Å². The maximum absolute atomic E-state index is 11.6. The minimum atomic E-state index is -0.136. The van der Waals surface area contributed by atoms with E-state index in [9.17, 15) is 4.79 Å². The molecule has 0 aromatic heterocycles. The molecule has 4 nitrogen and oxygen atoms in total. The van der Waals surface area contributed by atoms with E-state index in [2.05, 4.69) is 11.8 Å². The lowest BCUT2D eigenvalue weighted by molar-refractivity contribution is -0.146. The Morgan fingerprint density at radius 2 is 2.00 bits per heavy atom. The van der Waals surface area contributed by atoms with Crippen LogP contribution in [0.2, 0.25) is 0 Å². The van der Waals surface area contributed by atoms with Crippen LogP contribution in [0.4, 0.5) is 0 Å². The molecule has 0 radical (unpaired) electrons. The molecule has 0 saturated heterocycles. The van der Waals surface area contributed by atoms with E-state index in [1.165, 1.54) is 7.11 Å². The van der Waals surface area contributed by atoms with Crippen LogP contribution in [0.25, 0.3) is 0 Å². The summed E-state index contributed by atoms with van der Waals surface area (Å²) in [5.41, 5.74) is 0. The smallest absolute Gasteiger partial charge is 0.323 e. The predicted octanol–water partition coefficient (Wildman–Crippen LogP) is 1.81. The number of hydrogen-bond acceptors (Lipinski definition) is 4. The molecule has 102 valence electrons. The average Bonchev–Trinajstić information content (AvgIpc) is 2.34. The van der Waals surface area contributed by atoms with Gasteiger partial charge >= 0.3 is 5.97 Å². The number of hydrogen-bond donors (Lipinski definition) is 1. The van der Waals surface area contributed by atoms with Gasteiger partial charge in [0.05, 0.1) is 7.11 Å². The Morgan fingerprint density at radius 3 is 2.53 bits per heavy atom. The molecular weight excluding hydrogens is 218 g/mol. The van der Waals surface area contributed by atoms with Gasteiger partial charge < -0.3 is 9.84 Å². The van der Waals surface area contributed by atoms with Crippen molar-refractivity contribution in [3.05, 3.63) is 0 Å². The number of aliphatic hydroxyl groups excluding tert-OH is 1. The average molecular weight is 245 g/mol. The van der Waals surface area contributed by atoms with Gasteiger partial charge in [0.25, 0.3) is 0 Å². The summed E-state index contributed by atoms with van der Waals surface area (Å²) in [5.74, 6) is -0.136. The quantitative estimate of drug-likeness (QED) is 0.471. The zero-order chi connectivity index (χ0) is 13.1. The number of ether oxygens (including phenoxy) is 1. The maximum atomic E-state index is 11.6. The number of methoxy groups -OCH3 is 1. The SMILES string of the molecule is CCCCC(C(=O)OC)N(C)CCCCCO. The first-order chi connectivity index (χ1) is 8.17. The number of carbonyl (C=O) groups excluding carboxylic acids is 1. The van der Waals surface area contributed by atoms with Gasteiger partial charge in [0.1, 0.15) is 6.04 Å². The van der Waals surface area contributed by atoms with Crippen molar-refractivity contribution in [3.8, 4) is 0 Å². The summed E-state index contributed by atoms with van der Waals surface area (Å²) in [6.45, 7) is 3.25. The van der Waals surface area contributed by atoms with E-state index in [-0.39, 0.29) is 18.6 Å². The molecular formula is C13H27NO3. The molecule has 0 spiro atoms. The van der Waals surface area contributed by atoms with Gasteiger partial charge in [-0.2, -0.15) is 0 Å². The van der Waals surface area contributed by atoms with Crippen molar-refractivity contribution in [2.24, 2.45) is 0 Å². The van der Waals surface area contributed by atoms with E-state index in [0.29, 0.717) is 0 Å². The standard InChI is InChI=1S/C13H27NO3/c1-4-5-9-12(13(16)17-3)14(2)10-7-6-8-11-15/h12,15H,4-11H2,1-3H3. The second-order valence-corrected chi connectivity index (χ2v) is 4.45. The van der Waals surface area contributed by atoms with Crippen molar-refractivity contribution in [1.82, 2.24) is 4.90 Å². The summed E-state index contributed by atoms with van der Waals surface area (Å²) in [5, 5.41) is 8.70. The van der Waals surface area contributed by atoms with Crippen LogP contribution in [0.1, 0.15) is 45.4 Å². The molecule has 1 N–H and O–H groups in total. The summed E-state index contributed by atoms with van der Waals surface area (Å²) in [6.07, 6.45) is 5.84. The number of esters is 1. The van der Waals surface area contributed by atoms with Crippen molar-refractivity contribution in [2.75, 3.05) is 27.3 Å². The molecule has 1 unspecified atom stereocenters. The molecule has 0 rings (SSSR count). The lowest BCUT2D eigenvalue weighted by atomic mass is 10.1. The molecule has 17 heavy (non-hydrogen) atoms. The van der Waals surface area contributed by atoms with Gasteiger partial charge in [-0.25, -0.2) is 0 Å². The third-order valence-electron chi connectivity index (χ3n) is 3.01. The molecule has 0 aliphatic carbocycles. The van der Waals surface area contributed by atoms with Crippen LogP contribution < -0.4 is 0 Å². The summed E-state index contributed by atoms with van der Waals surface area (Å²) >= 11 is 0. The molecule has 0 amide bonds. The molecule has 0 aromatic rings. The third-order valence-corrected chi connectivity index (χ3v) is 3.01. The first-order valence-electron chi connectivity index (χ1n) is 6.56. The van der Waals surface area contributed by atoms with Gasteiger partial charge in [-0.1, -0.05) is 19.8 Å². The Labute approximate surface area is 105 Å². The third kappa shape index (κ3) is 7.34. The fraction of sp³-hybridized carbons (Fsp3) is 0.923. The highest BCUT2D eigenvalue weighted by atomic mass is 16.5. The first-order valence-corrected chi connectivity index (χ1v) is 6.56. The van der Waals surface area contributed by atoms with Crippen molar-refractivity contribution >= 4 is 5.97 Å². The highest BCUT2D eigenvalue weighted by Crippen LogP contribution is 2.10. The van der Waals surface area contributed by atoms with Gasteiger partial charge in [-0.05, 0) is 39.3 Å². The van der Waals surface area contributed by atoms with Crippen molar-refractivity contribution < 1.29 is 14.6 Å². The van der Waals surface area contributed by atoms with E-state index in [1.807, 2.05) is 7.05 Å². The number of likely N-dealkylation sites (N-methyl/N-ethyl adjacent to an activating group) is 1. The lowest BCUT2D eigenvalue weighted by Gasteiger charge is -2.25. The minimum Gasteiger partial charge on any atom is -0.468 e. The van der Waals surface area contributed by atoms with Crippen molar-refractivity contribution in [2.45, 2.75) is 51.5 Å². The lowest BCUT2D eigenvalue weighted by Crippen LogP contribution is -2.39. The van der Waals surface area contributed by atoms with Crippen LogP contribution in [0, 0.1) is 0 Å². The molecule has 0 saturated carbocycles. The second-order valence-electron chi connectivity index (χ2n) is 4.45. The number of nitrogens with zero attached hydrogens (tertiary/aromatic N) is 1. The predicted molar refractivity (Wildman–Crippen MR) is 68.9 cm³/mol. The van der Waals surface area contributed by atoms with Gasteiger partial charge in [0.15, 0.2) is 0 Å². The monoisotopic (exact) mass is 245 g/mol. The van der Waals surface area contributed by atoms with Crippen LogP contribution in [0.5, 0.6) is 0 Å². The van der Waals surface area contributed by atoms with Gasteiger partial charge in [-0.15, -0.1) is 0 Å². The number of rotatable bonds is 10. The number of carbonyl (C=O) groups is 1. The van der Waals surface area contributed by atoms with Gasteiger partial charge in [0, 0.05) is 6.61 Å². The van der Waals surface area contributed by atoms with Crippen LogP contribution in [0.3, 0.4) is 0 Å². The van der Waals surface area contributed by atoms with E-state index in [4.69, 9.17) is 9.84 Å². The van der Waals surface area contributed by atoms with E-state index < -0.39 is 0 Å². The van der Waals surface area contributed by atoms with Crippen molar-refractivity contribution in [3.63, 3.8) is 0 Å². The first kappa shape index (κ1) is 16.4. The minimum absolute atomic E-state index is 0.117. The zero-order valence-electron chi connectivity index (χ0n) is 11.4. The van der Waals surface area contributed by atoms with Crippen molar-refractivity contribution in [1.29, 1.82) is 0 Å². The number of unbranched alkanes of at least 4 members (excludes halogenated alkanes) is 3. The Hall–Kier alpha value is -0.610. The fourth-order valence-electron chi connectivity index (χ4n) is 1.86. The highest BCUT2D eigenvalue weighted by Gasteiger charge is 2.22. The molecule has 0 fully saturated rings. The van der Waals surface area contributed by atoms with Crippen LogP contribution >= 0.6 is 0 Å². The summed E-state index contributed by atoms with van der Waals surface area (Å²) in [6, 6.07) is -0.117. The molecule has 1 atom stereocenters. The fourth-order valence-corrected chi connectivity index (χ4v) is 1.86. The normalized spacial score (nSPS) is 12.8. The number of aliphatic hydroxyl groups is 1. The van der Waals surface area contributed by atoms with E-state index in [1.54, 1.807) is 0 Å². The van der Waals surface area contributed by atoms with E-state index in [0.717, 1.165) is 45.1 Å². The van der Waals surface area contributed by atoms with Crippen LogP contribution in [-0.2, 0) is 9.53 Å². The Kier molecular flexibility index (Phi) is 10.2. The van der Waals surface area contributed by atoms with Gasteiger partial charge in [0.2, 0.25) is 0 Å². The summed E-state index contributed by atoms with van der Waals surface area (Å²) in [7, 11) is 3.41. The largest absolute Gasteiger partial charge is 0.468 e. The molecule has 0 aromatic carbocycles. The van der Waals surface area contributed by atoms with Crippen LogP contribution in [0.15, 0.2) is 0 Å². The zero-order valence-corrected chi connectivity index (χ0v) is 11.4. The second kappa shape index (κ2) is 10.5. The Balaban J connectivity index is 4.03. The maximum Gasteiger partial charge on any atom is 0.323 e. The van der Waals surface area contributed by atoms with E-state index >= 15 is 0 Å².